The zero-order valence-corrected chi connectivity index (χ0v) is 12.1. The molecule has 2 aromatic rings. The van der Waals surface area contributed by atoms with Gasteiger partial charge >= 0.3 is 0 Å². The van der Waals surface area contributed by atoms with Crippen molar-refractivity contribution in [2.24, 2.45) is 5.84 Å². The number of rotatable bonds is 4. The van der Waals surface area contributed by atoms with E-state index in [0.717, 1.165) is 10.6 Å². The molecule has 0 radical (unpaired) electrons. The van der Waals surface area contributed by atoms with E-state index in [1.807, 2.05) is 16.9 Å². The third-order valence-corrected chi connectivity index (χ3v) is 4.63. The molecule has 0 saturated heterocycles. The normalized spacial score (nSPS) is 10.4. The van der Waals surface area contributed by atoms with E-state index in [4.69, 9.17) is 23.2 Å². The maximum absolute atomic E-state index is 11.3. The first-order chi connectivity index (χ1) is 9.10. The van der Waals surface area contributed by atoms with E-state index in [-0.39, 0.29) is 5.91 Å². The number of carbonyl (C=O) groups excluding carboxylic acids is 1. The monoisotopic (exact) mass is 314 g/mol. The van der Waals surface area contributed by atoms with Crippen molar-refractivity contribution in [1.82, 2.24) is 10.4 Å². The number of amides is 1. The van der Waals surface area contributed by atoms with Crippen molar-refractivity contribution in [2.45, 2.75) is 10.6 Å². The molecule has 0 spiro atoms. The highest BCUT2D eigenvalue weighted by molar-refractivity contribution is 7.98. The van der Waals surface area contributed by atoms with Gasteiger partial charge in [-0.1, -0.05) is 11.6 Å². The van der Waals surface area contributed by atoms with Crippen LogP contribution in [0.1, 0.15) is 15.5 Å². The number of nitrogens with zero attached hydrogens (tertiary/aromatic N) is 1. The molecule has 2 rings (SSSR count). The molecule has 0 aliphatic rings. The third kappa shape index (κ3) is 3.60. The van der Waals surface area contributed by atoms with Gasteiger partial charge in [-0.2, -0.15) is 0 Å². The van der Waals surface area contributed by atoms with Crippen LogP contribution in [0.15, 0.2) is 28.5 Å². The Kier molecular flexibility index (Phi) is 4.65. The summed E-state index contributed by atoms with van der Waals surface area (Å²) in [6, 6.07) is 5.32. The summed E-state index contributed by atoms with van der Waals surface area (Å²) in [6.45, 7) is 0. The predicted molar refractivity (Wildman–Crippen MR) is 79.2 cm³/mol. The molecule has 0 saturated carbocycles. The summed E-state index contributed by atoms with van der Waals surface area (Å²) in [6.07, 6.45) is 0. The first-order valence-corrected chi connectivity index (χ1v) is 7.47. The Morgan fingerprint density at radius 1 is 1.53 bits per heavy atom. The van der Waals surface area contributed by atoms with Crippen LogP contribution < -0.4 is 17.0 Å². The Bertz CT molecular complexity index is 602. The summed E-state index contributed by atoms with van der Waals surface area (Å²) in [5.41, 5.74) is 9.21. The summed E-state index contributed by atoms with van der Waals surface area (Å²) >= 11 is 8.83. The van der Waals surface area contributed by atoms with Gasteiger partial charge in [0.05, 0.1) is 10.7 Å². The summed E-state index contributed by atoms with van der Waals surface area (Å²) in [5.74, 6) is 5.27. The van der Waals surface area contributed by atoms with E-state index in [1.165, 1.54) is 23.1 Å². The Morgan fingerprint density at radius 3 is 3.05 bits per heavy atom. The number of nitrogens with one attached hydrogen (secondary N) is 1. The number of hydrogen-bond acceptors (Lipinski definition) is 6. The number of halogens is 1. The van der Waals surface area contributed by atoms with Crippen LogP contribution in [0.5, 0.6) is 0 Å². The van der Waals surface area contributed by atoms with E-state index < -0.39 is 0 Å². The zero-order valence-electron chi connectivity index (χ0n) is 9.72. The van der Waals surface area contributed by atoms with E-state index in [9.17, 15) is 4.79 Å². The van der Waals surface area contributed by atoms with Crippen molar-refractivity contribution < 1.29 is 4.79 Å². The van der Waals surface area contributed by atoms with Gasteiger partial charge in [-0.3, -0.25) is 10.2 Å². The van der Waals surface area contributed by atoms with Gasteiger partial charge in [-0.05, 0) is 18.2 Å². The topological polar surface area (TPSA) is 94.0 Å². The molecule has 1 amide bonds. The van der Waals surface area contributed by atoms with Crippen molar-refractivity contribution >= 4 is 46.3 Å². The number of nitrogens with two attached hydrogens (primary N) is 2. The molecule has 0 unspecified atom stereocenters. The number of hydrogen-bond donors (Lipinski definition) is 3. The van der Waals surface area contributed by atoms with Gasteiger partial charge in [0.15, 0.2) is 5.01 Å². The van der Waals surface area contributed by atoms with Crippen LogP contribution in [0.3, 0.4) is 0 Å². The van der Waals surface area contributed by atoms with Crippen LogP contribution in [0.2, 0.25) is 5.02 Å². The number of carbonyl (C=O) groups is 1. The second-order valence-electron chi connectivity index (χ2n) is 3.60. The summed E-state index contributed by atoms with van der Waals surface area (Å²) < 4.78 is 0. The van der Waals surface area contributed by atoms with Gasteiger partial charge in [-0.25, -0.2) is 10.8 Å². The lowest BCUT2D eigenvalue weighted by Gasteiger charge is -2.03. The Labute approximate surface area is 123 Å². The molecule has 19 heavy (non-hydrogen) atoms. The number of thioether (sulfide) groups is 1. The maximum atomic E-state index is 11.3. The van der Waals surface area contributed by atoms with Crippen molar-refractivity contribution in [2.75, 3.05) is 5.73 Å². The SMILES string of the molecule is NNC(=O)c1nc(CSc2cc(N)ccc2Cl)cs1. The van der Waals surface area contributed by atoms with Crippen LogP contribution in [-0.4, -0.2) is 10.9 Å². The zero-order chi connectivity index (χ0) is 13.8. The fraction of sp³-hybridized carbons (Fsp3) is 0.0909. The highest BCUT2D eigenvalue weighted by atomic mass is 35.5. The van der Waals surface area contributed by atoms with Gasteiger partial charge in [0.25, 0.3) is 5.91 Å². The predicted octanol–water partition coefficient (Wildman–Crippen LogP) is 2.27. The van der Waals surface area contributed by atoms with Crippen LogP contribution in [0.4, 0.5) is 5.69 Å². The molecule has 0 aliphatic heterocycles. The molecule has 1 aromatic heterocycles. The van der Waals surface area contributed by atoms with Gasteiger partial charge in [0.2, 0.25) is 0 Å². The number of thiazole rings is 1. The highest BCUT2D eigenvalue weighted by Crippen LogP contribution is 2.31. The Hall–Kier alpha value is -1.28. The average molecular weight is 315 g/mol. The standard InChI is InChI=1S/C11H11ClN4OS2/c12-8-2-1-6(13)3-9(8)18-4-7-5-19-11(15-7)10(17)16-14/h1-3,5H,4,13-14H2,(H,16,17). The average Bonchev–Trinajstić information content (AvgIpc) is 2.88. The number of anilines is 1. The molecule has 0 atom stereocenters. The number of benzene rings is 1. The lowest BCUT2D eigenvalue weighted by molar-refractivity contribution is 0.0953. The quantitative estimate of drug-likeness (QED) is 0.265. The molecule has 0 aliphatic carbocycles. The smallest absolute Gasteiger partial charge is 0.294 e. The van der Waals surface area contributed by atoms with Crippen LogP contribution in [0.25, 0.3) is 0 Å². The van der Waals surface area contributed by atoms with Crippen molar-refractivity contribution in [3.63, 3.8) is 0 Å². The highest BCUT2D eigenvalue weighted by Gasteiger charge is 2.10. The fourth-order valence-corrected chi connectivity index (χ4v) is 3.30. The van der Waals surface area contributed by atoms with Gasteiger partial charge in [0, 0.05) is 21.7 Å². The number of aromatic nitrogens is 1. The molecular formula is C11H11ClN4OS2. The number of nitrogen functional groups attached to an aromatic ring is 2. The van der Waals surface area contributed by atoms with Crippen molar-refractivity contribution in [1.29, 1.82) is 0 Å². The molecule has 5 N–H and O–H groups in total. The summed E-state index contributed by atoms with van der Waals surface area (Å²) in [5, 5.41) is 2.81. The second-order valence-corrected chi connectivity index (χ2v) is 5.88. The van der Waals surface area contributed by atoms with Crippen LogP contribution >= 0.6 is 34.7 Å². The minimum absolute atomic E-state index is 0.344. The van der Waals surface area contributed by atoms with Gasteiger partial charge < -0.3 is 5.73 Å². The minimum Gasteiger partial charge on any atom is -0.399 e. The van der Waals surface area contributed by atoms with E-state index in [1.54, 1.807) is 12.1 Å². The fourth-order valence-electron chi connectivity index (χ4n) is 1.32. The molecule has 0 fully saturated rings. The van der Waals surface area contributed by atoms with Crippen molar-refractivity contribution in [3.05, 3.63) is 39.3 Å². The van der Waals surface area contributed by atoms with E-state index in [2.05, 4.69) is 4.98 Å². The lowest BCUT2D eigenvalue weighted by Crippen LogP contribution is -2.29. The first kappa shape index (κ1) is 14.1. The molecule has 8 heteroatoms. The Morgan fingerprint density at radius 2 is 2.32 bits per heavy atom. The van der Waals surface area contributed by atoms with E-state index in [0.29, 0.717) is 21.5 Å². The van der Waals surface area contributed by atoms with Crippen LogP contribution in [-0.2, 0) is 5.75 Å². The van der Waals surface area contributed by atoms with E-state index >= 15 is 0 Å². The largest absolute Gasteiger partial charge is 0.399 e. The van der Waals surface area contributed by atoms with Gasteiger partial charge in [0.1, 0.15) is 0 Å². The second kappa shape index (κ2) is 6.25. The van der Waals surface area contributed by atoms with Gasteiger partial charge in [-0.15, -0.1) is 23.1 Å². The lowest BCUT2D eigenvalue weighted by atomic mass is 10.3. The molecule has 1 aromatic carbocycles. The van der Waals surface area contributed by atoms with Crippen molar-refractivity contribution in [3.8, 4) is 0 Å². The molecule has 0 bridgehead atoms. The molecule has 100 valence electrons. The summed E-state index contributed by atoms with van der Waals surface area (Å²) in [7, 11) is 0. The Balaban J connectivity index is 2.04. The molecule has 5 nitrogen and oxygen atoms in total. The first-order valence-electron chi connectivity index (χ1n) is 5.23. The summed E-state index contributed by atoms with van der Waals surface area (Å²) in [4.78, 5) is 16.3. The minimum atomic E-state index is -0.386. The number of hydrazine groups is 1. The molecule has 1 heterocycles. The third-order valence-electron chi connectivity index (χ3n) is 2.21. The van der Waals surface area contributed by atoms with Crippen LogP contribution in [0, 0.1) is 0 Å². The maximum Gasteiger partial charge on any atom is 0.294 e. The molecular weight excluding hydrogens is 304 g/mol.